The van der Waals surface area contributed by atoms with Crippen LogP contribution in [-0.4, -0.2) is 18.0 Å². The molecule has 0 saturated heterocycles. The van der Waals surface area contributed by atoms with E-state index in [9.17, 15) is 9.59 Å². The zero-order valence-corrected chi connectivity index (χ0v) is 12.8. The van der Waals surface area contributed by atoms with Gasteiger partial charge < -0.3 is 9.47 Å². The summed E-state index contributed by atoms with van der Waals surface area (Å²) in [5, 5.41) is 0. The molecule has 0 saturated carbocycles. The van der Waals surface area contributed by atoms with Gasteiger partial charge >= 0.3 is 11.9 Å². The molecule has 0 aliphatic heterocycles. The summed E-state index contributed by atoms with van der Waals surface area (Å²) in [7, 11) is 0. The van der Waals surface area contributed by atoms with Crippen LogP contribution in [-0.2, 0) is 4.74 Å². The molecule has 2 aromatic carbocycles. The Bertz CT molecular complexity index is 689. The summed E-state index contributed by atoms with van der Waals surface area (Å²) in [6.07, 6.45) is -0.203. The second kappa shape index (κ2) is 6.89. The number of aryl methyl sites for hydroxylation is 1. The first-order valence-electron chi connectivity index (χ1n) is 7.06. The first-order chi connectivity index (χ1) is 10.5. The van der Waals surface area contributed by atoms with Crippen LogP contribution in [0.15, 0.2) is 48.5 Å². The Morgan fingerprint density at radius 3 is 2.36 bits per heavy atom. The largest absolute Gasteiger partial charge is 0.459 e. The first-order valence-corrected chi connectivity index (χ1v) is 7.06. The van der Waals surface area contributed by atoms with Crippen molar-refractivity contribution in [3.8, 4) is 5.75 Å². The molecule has 0 fully saturated rings. The van der Waals surface area contributed by atoms with E-state index < -0.39 is 11.9 Å². The summed E-state index contributed by atoms with van der Waals surface area (Å²) in [5.74, 6) is -0.581. The number of esters is 2. The predicted molar refractivity (Wildman–Crippen MR) is 83.1 cm³/mol. The molecule has 4 nitrogen and oxygen atoms in total. The number of hydrogen-bond donors (Lipinski definition) is 0. The van der Waals surface area contributed by atoms with Crippen LogP contribution in [0.4, 0.5) is 0 Å². The third kappa shape index (κ3) is 3.95. The molecule has 0 unspecified atom stereocenters. The van der Waals surface area contributed by atoms with E-state index in [1.807, 2.05) is 19.1 Å². The Kier molecular flexibility index (Phi) is 4.94. The molecule has 0 heterocycles. The lowest BCUT2D eigenvalue weighted by Gasteiger charge is -2.10. The molecule has 2 aromatic rings. The van der Waals surface area contributed by atoms with E-state index in [2.05, 4.69) is 0 Å². The van der Waals surface area contributed by atoms with Gasteiger partial charge in [-0.2, -0.15) is 0 Å². The van der Waals surface area contributed by atoms with Gasteiger partial charge in [-0.05, 0) is 50.6 Å². The summed E-state index contributed by atoms with van der Waals surface area (Å²) in [6, 6.07) is 13.6. The minimum atomic E-state index is -0.451. The van der Waals surface area contributed by atoms with E-state index in [0.29, 0.717) is 16.9 Å². The zero-order chi connectivity index (χ0) is 16.1. The molecule has 0 amide bonds. The quantitative estimate of drug-likeness (QED) is 0.636. The zero-order valence-electron chi connectivity index (χ0n) is 12.8. The summed E-state index contributed by atoms with van der Waals surface area (Å²) < 4.78 is 10.5. The molecule has 0 atom stereocenters. The van der Waals surface area contributed by atoms with Gasteiger partial charge in [-0.3, -0.25) is 0 Å². The summed E-state index contributed by atoms with van der Waals surface area (Å²) in [4.78, 5) is 24.0. The van der Waals surface area contributed by atoms with Gasteiger partial charge in [0.25, 0.3) is 0 Å². The van der Waals surface area contributed by atoms with Crippen LogP contribution < -0.4 is 4.74 Å². The Morgan fingerprint density at radius 2 is 1.68 bits per heavy atom. The molecular formula is C18H18O4. The first kappa shape index (κ1) is 15.8. The van der Waals surface area contributed by atoms with Crippen LogP contribution in [0.5, 0.6) is 5.75 Å². The molecule has 0 bridgehead atoms. The van der Waals surface area contributed by atoms with Crippen molar-refractivity contribution in [1.82, 2.24) is 0 Å². The third-order valence-electron chi connectivity index (χ3n) is 2.99. The van der Waals surface area contributed by atoms with Crippen molar-refractivity contribution in [3.63, 3.8) is 0 Å². The van der Waals surface area contributed by atoms with Gasteiger partial charge in [0.2, 0.25) is 0 Å². The number of ether oxygens (including phenoxy) is 2. The fourth-order valence-corrected chi connectivity index (χ4v) is 1.93. The van der Waals surface area contributed by atoms with E-state index in [1.54, 1.807) is 44.2 Å². The molecule has 0 aromatic heterocycles. The van der Waals surface area contributed by atoms with Crippen molar-refractivity contribution in [2.75, 3.05) is 0 Å². The Balaban J connectivity index is 2.15. The van der Waals surface area contributed by atoms with Crippen LogP contribution in [0.1, 0.15) is 40.1 Å². The predicted octanol–water partition coefficient (Wildman–Crippen LogP) is 3.78. The van der Waals surface area contributed by atoms with Crippen LogP contribution in [0.3, 0.4) is 0 Å². The van der Waals surface area contributed by atoms with Crippen LogP contribution in [0.2, 0.25) is 0 Å². The molecule has 0 N–H and O–H groups in total. The highest BCUT2D eigenvalue weighted by Gasteiger charge is 2.14. The van der Waals surface area contributed by atoms with Gasteiger partial charge in [0.15, 0.2) is 0 Å². The number of hydrogen-bond acceptors (Lipinski definition) is 4. The highest BCUT2D eigenvalue weighted by molar-refractivity contribution is 5.93. The van der Waals surface area contributed by atoms with Gasteiger partial charge in [-0.25, -0.2) is 9.59 Å². The summed E-state index contributed by atoms with van der Waals surface area (Å²) >= 11 is 0. The maximum atomic E-state index is 12.2. The highest BCUT2D eigenvalue weighted by Crippen LogP contribution is 2.17. The fourth-order valence-electron chi connectivity index (χ4n) is 1.93. The topological polar surface area (TPSA) is 52.6 Å². The number of carbonyl (C=O) groups excluding carboxylic acids is 2. The average Bonchev–Trinajstić information content (AvgIpc) is 2.47. The van der Waals surface area contributed by atoms with E-state index >= 15 is 0 Å². The summed E-state index contributed by atoms with van der Waals surface area (Å²) in [6.45, 7) is 5.40. The SMILES string of the molecule is Cc1ccccc1C(=O)Oc1cccc(C(=O)OC(C)C)c1. The number of rotatable bonds is 4. The highest BCUT2D eigenvalue weighted by atomic mass is 16.5. The van der Waals surface area contributed by atoms with Crippen molar-refractivity contribution < 1.29 is 19.1 Å². The van der Waals surface area contributed by atoms with Crippen molar-refractivity contribution in [2.45, 2.75) is 26.9 Å². The van der Waals surface area contributed by atoms with Crippen LogP contribution in [0.25, 0.3) is 0 Å². The molecule has 4 heteroatoms. The lowest BCUT2D eigenvalue weighted by Crippen LogP contribution is -2.13. The second-order valence-electron chi connectivity index (χ2n) is 5.19. The molecule has 2 rings (SSSR count). The van der Waals surface area contributed by atoms with Crippen molar-refractivity contribution in [1.29, 1.82) is 0 Å². The minimum absolute atomic E-state index is 0.203. The smallest absolute Gasteiger partial charge is 0.343 e. The van der Waals surface area contributed by atoms with Crippen molar-refractivity contribution >= 4 is 11.9 Å². The number of carbonyl (C=O) groups is 2. The Hall–Kier alpha value is -2.62. The Morgan fingerprint density at radius 1 is 0.955 bits per heavy atom. The lowest BCUT2D eigenvalue weighted by atomic mass is 10.1. The number of benzene rings is 2. The van der Waals surface area contributed by atoms with Crippen LogP contribution >= 0.6 is 0 Å². The van der Waals surface area contributed by atoms with Crippen LogP contribution in [0, 0.1) is 6.92 Å². The molecule has 114 valence electrons. The van der Waals surface area contributed by atoms with Gasteiger partial charge in [-0.1, -0.05) is 24.3 Å². The third-order valence-corrected chi connectivity index (χ3v) is 2.99. The van der Waals surface area contributed by atoms with Gasteiger partial charge in [0, 0.05) is 0 Å². The normalized spacial score (nSPS) is 10.4. The van der Waals surface area contributed by atoms with Crippen molar-refractivity contribution in [2.24, 2.45) is 0 Å². The van der Waals surface area contributed by atoms with E-state index in [1.165, 1.54) is 6.07 Å². The standard InChI is InChI=1S/C18H18O4/c1-12(2)21-17(19)14-8-6-9-15(11-14)22-18(20)16-10-5-4-7-13(16)3/h4-12H,1-3H3. The van der Waals surface area contributed by atoms with Gasteiger partial charge in [0.1, 0.15) is 5.75 Å². The molecule has 0 aliphatic rings. The van der Waals surface area contributed by atoms with Gasteiger partial charge in [0.05, 0.1) is 17.2 Å². The Labute approximate surface area is 129 Å². The molecule has 0 aliphatic carbocycles. The van der Waals surface area contributed by atoms with E-state index in [0.717, 1.165) is 5.56 Å². The van der Waals surface area contributed by atoms with Crippen molar-refractivity contribution in [3.05, 3.63) is 65.2 Å². The molecule has 0 spiro atoms. The molecule has 22 heavy (non-hydrogen) atoms. The van der Waals surface area contributed by atoms with Gasteiger partial charge in [-0.15, -0.1) is 0 Å². The van der Waals surface area contributed by atoms with E-state index in [4.69, 9.17) is 9.47 Å². The second-order valence-corrected chi connectivity index (χ2v) is 5.19. The summed E-state index contributed by atoms with van der Waals surface area (Å²) in [5.41, 5.74) is 1.68. The monoisotopic (exact) mass is 298 g/mol. The average molecular weight is 298 g/mol. The fraction of sp³-hybridized carbons (Fsp3) is 0.222. The van der Waals surface area contributed by atoms with E-state index in [-0.39, 0.29) is 6.10 Å². The maximum Gasteiger partial charge on any atom is 0.343 e. The minimum Gasteiger partial charge on any atom is -0.459 e. The molecule has 0 radical (unpaired) electrons. The maximum absolute atomic E-state index is 12.2. The lowest BCUT2D eigenvalue weighted by molar-refractivity contribution is 0.0376. The molecular weight excluding hydrogens is 280 g/mol.